The van der Waals surface area contributed by atoms with Crippen LogP contribution in [0.15, 0.2) is 4.99 Å². The second-order valence-corrected chi connectivity index (χ2v) is 6.56. The predicted molar refractivity (Wildman–Crippen MR) is 98.8 cm³/mol. The first-order valence-electron chi connectivity index (χ1n) is 8.85. The lowest BCUT2D eigenvalue weighted by molar-refractivity contribution is -0.123. The molecule has 0 aliphatic rings. The van der Waals surface area contributed by atoms with Gasteiger partial charge in [-0.3, -0.25) is 14.7 Å². The highest BCUT2D eigenvalue weighted by Crippen LogP contribution is 2.03. The van der Waals surface area contributed by atoms with Gasteiger partial charge in [-0.05, 0) is 34.6 Å². The summed E-state index contributed by atoms with van der Waals surface area (Å²) in [5.74, 6) is 0.909. The molecule has 0 aliphatic carbocycles. The molecule has 0 rings (SSSR count). The Bertz CT molecular complexity index is 345. The molecule has 0 atom stereocenters. The highest BCUT2D eigenvalue weighted by Gasteiger charge is 2.12. The summed E-state index contributed by atoms with van der Waals surface area (Å²) in [6.45, 7) is 18.5. The second kappa shape index (κ2) is 12.2. The van der Waals surface area contributed by atoms with E-state index in [-0.39, 0.29) is 11.8 Å². The van der Waals surface area contributed by atoms with E-state index in [0.29, 0.717) is 25.2 Å². The third kappa shape index (κ3) is 10.2. The fourth-order valence-electron chi connectivity index (χ4n) is 2.30. The molecule has 0 radical (unpaired) electrons. The van der Waals surface area contributed by atoms with E-state index in [1.807, 2.05) is 20.8 Å². The minimum absolute atomic E-state index is 0.0231. The molecule has 0 saturated carbocycles. The zero-order chi connectivity index (χ0) is 17.8. The molecule has 0 bridgehead atoms. The lowest BCUT2D eigenvalue weighted by Crippen LogP contribution is -2.43. The number of aliphatic imine (C=N–C) groups is 1. The van der Waals surface area contributed by atoms with Crippen LogP contribution in [0.2, 0.25) is 0 Å². The fourth-order valence-corrected chi connectivity index (χ4v) is 2.30. The Morgan fingerprint density at radius 1 is 0.957 bits per heavy atom. The van der Waals surface area contributed by atoms with E-state index in [1.165, 1.54) is 0 Å². The van der Waals surface area contributed by atoms with Crippen LogP contribution < -0.4 is 16.0 Å². The summed E-state index contributed by atoms with van der Waals surface area (Å²) in [5, 5.41) is 9.38. The topological polar surface area (TPSA) is 68.8 Å². The number of hydrogen-bond donors (Lipinski definition) is 3. The van der Waals surface area contributed by atoms with E-state index in [1.54, 1.807) is 0 Å². The quantitative estimate of drug-likeness (QED) is 0.323. The number of amides is 1. The van der Waals surface area contributed by atoms with Crippen molar-refractivity contribution in [3.8, 4) is 0 Å². The average molecular weight is 328 g/mol. The van der Waals surface area contributed by atoms with Gasteiger partial charge in [-0.1, -0.05) is 13.8 Å². The van der Waals surface area contributed by atoms with Gasteiger partial charge in [-0.2, -0.15) is 0 Å². The second-order valence-electron chi connectivity index (χ2n) is 6.56. The van der Waals surface area contributed by atoms with Crippen molar-refractivity contribution in [3.05, 3.63) is 0 Å². The normalized spacial score (nSPS) is 12.4. The summed E-state index contributed by atoms with van der Waals surface area (Å²) >= 11 is 0. The lowest BCUT2D eigenvalue weighted by Gasteiger charge is -2.29. The molecule has 0 aromatic carbocycles. The van der Waals surface area contributed by atoms with Gasteiger partial charge in [-0.15, -0.1) is 0 Å². The van der Waals surface area contributed by atoms with Gasteiger partial charge in [0.25, 0.3) is 0 Å². The Hall–Kier alpha value is -1.30. The molecule has 0 heterocycles. The molecule has 0 aromatic heterocycles. The largest absolute Gasteiger partial charge is 0.357 e. The van der Waals surface area contributed by atoms with Gasteiger partial charge in [-0.25, -0.2) is 0 Å². The first-order valence-corrected chi connectivity index (χ1v) is 8.85. The van der Waals surface area contributed by atoms with Crippen molar-refractivity contribution in [2.45, 2.75) is 60.5 Å². The third-order valence-electron chi connectivity index (χ3n) is 3.54. The van der Waals surface area contributed by atoms with Gasteiger partial charge < -0.3 is 16.0 Å². The first kappa shape index (κ1) is 21.7. The summed E-state index contributed by atoms with van der Waals surface area (Å²) < 4.78 is 0. The molecule has 0 aliphatic heterocycles. The van der Waals surface area contributed by atoms with Crippen molar-refractivity contribution in [1.82, 2.24) is 20.9 Å². The van der Waals surface area contributed by atoms with Crippen LogP contribution in [0.4, 0.5) is 0 Å². The van der Waals surface area contributed by atoms with E-state index in [9.17, 15) is 4.79 Å². The highest BCUT2D eigenvalue weighted by atomic mass is 16.1. The Balaban J connectivity index is 4.25. The summed E-state index contributed by atoms with van der Waals surface area (Å²) in [6.07, 6.45) is 0. The van der Waals surface area contributed by atoms with Gasteiger partial charge >= 0.3 is 0 Å². The molecule has 0 unspecified atom stereocenters. The molecule has 0 aromatic rings. The van der Waals surface area contributed by atoms with Gasteiger partial charge in [0.2, 0.25) is 5.91 Å². The molecule has 0 fully saturated rings. The number of guanidine groups is 1. The number of carbonyl (C=O) groups excluding carboxylic acids is 1. The van der Waals surface area contributed by atoms with E-state index in [2.05, 4.69) is 53.5 Å². The first-order chi connectivity index (χ1) is 10.8. The predicted octanol–water partition coefficient (Wildman–Crippen LogP) is 1.43. The van der Waals surface area contributed by atoms with Crippen LogP contribution in [0.5, 0.6) is 0 Å². The molecule has 3 N–H and O–H groups in total. The standard InChI is InChI=1S/C17H37N5O/c1-8-18-17(20-10-9-19-16(23)13(2)3)21-11-12-22(14(4)5)15(6)7/h13-15H,8-12H2,1-7H3,(H,19,23)(H2,18,20,21). The van der Waals surface area contributed by atoms with Gasteiger partial charge in [0.15, 0.2) is 5.96 Å². The summed E-state index contributed by atoms with van der Waals surface area (Å²) in [7, 11) is 0. The van der Waals surface area contributed by atoms with Crippen LogP contribution in [0, 0.1) is 5.92 Å². The fraction of sp³-hybridized carbons (Fsp3) is 0.882. The number of nitrogens with one attached hydrogen (secondary N) is 3. The molecule has 1 amide bonds. The molecular weight excluding hydrogens is 290 g/mol. The Morgan fingerprint density at radius 2 is 1.52 bits per heavy atom. The van der Waals surface area contributed by atoms with E-state index in [0.717, 1.165) is 25.6 Å². The monoisotopic (exact) mass is 327 g/mol. The molecule has 23 heavy (non-hydrogen) atoms. The minimum Gasteiger partial charge on any atom is -0.357 e. The smallest absolute Gasteiger partial charge is 0.222 e. The number of nitrogens with zero attached hydrogens (tertiary/aromatic N) is 2. The van der Waals surface area contributed by atoms with Crippen LogP contribution in [0.25, 0.3) is 0 Å². The van der Waals surface area contributed by atoms with Crippen molar-refractivity contribution in [2.24, 2.45) is 10.9 Å². The van der Waals surface area contributed by atoms with Crippen LogP contribution in [0.1, 0.15) is 48.5 Å². The lowest BCUT2D eigenvalue weighted by atomic mass is 10.2. The maximum Gasteiger partial charge on any atom is 0.222 e. The third-order valence-corrected chi connectivity index (χ3v) is 3.54. The summed E-state index contributed by atoms with van der Waals surface area (Å²) in [6, 6.07) is 1.04. The SMILES string of the molecule is CCNC(=NCCN(C(C)C)C(C)C)NCCNC(=O)C(C)C. The van der Waals surface area contributed by atoms with Crippen molar-refractivity contribution < 1.29 is 4.79 Å². The average Bonchev–Trinajstić information content (AvgIpc) is 2.46. The molecule has 6 heteroatoms. The Kier molecular flexibility index (Phi) is 11.5. The van der Waals surface area contributed by atoms with E-state index >= 15 is 0 Å². The highest BCUT2D eigenvalue weighted by molar-refractivity contribution is 5.80. The molecular formula is C17H37N5O. The number of hydrogen-bond acceptors (Lipinski definition) is 3. The number of rotatable bonds is 10. The summed E-state index contributed by atoms with van der Waals surface area (Å²) in [4.78, 5) is 18.5. The maximum absolute atomic E-state index is 11.5. The van der Waals surface area contributed by atoms with Crippen LogP contribution in [-0.4, -0.2) is 61.6 Å². The van der Waals surface area contributed by atoms with Crippen LogP contribution >= 0.6 is 0 Å². The van der Waals surface area contributed by atoms with Crippen molar-refractivity contribution in [1.29, 1.82) is 0 Å². The van der Waals surface area contributed by atoms with Crippen molar-refractivity contribution in [3.63, 3.8) is 0 Å². The maximum atomic E-state index is 11.5. The minimum atomic E-state index is 0.0231. The van der Waals surface area contributed by atoms with E-state index < -0.39 is 0 Å². The van der Waals surface area contributed by atoms with Crippen LogP contribution in [-0.2, 0) is 4.79 Å². The van der Waals surface area contributed by atoms with Gasteiger partial charge in [0.1, 0.15) is 0 Å². The van der Waals surface area contributed by atoms with Gasteiger partial charge in [0.05, 0.1) is 6.54 Å². The van der Waals surface area contributed by atoms with Crippen LogP contribution in [0.3, 0.4) is 0 Å². The van der Waals surface area contributed by atoms with Crippen molar-refractivity contribution in [2.75, 3.05) is 32.7 Å². The zero-order valence-electron chi connectivity index (χ0n) is 16.1. The summed E-state index contributed by atoms with van der Waals surface area (Å²) in [5.41, 5.74) is 0. The van der Waals surface area contributed by atoms with Crippen molar-refractivity contribution >= 4 is 11.9 Å². The van der Waals surface area contributed by atoms with E-state index in [4.69, 9.17) is 0 Å². The Labute approximate surface area is 142 Å². The molecule has 0 saturated heterocycles. The zero-order valence-corrected chi connectivity index (χ0v) is 16.1. The molecule has 136 valence electrons. The number of carbonyl (C=O) groups is 1. The van der Waals surface area contributed by atoms with Gasteiger partial charge in [0, 0.05) is 44.2 Å². The molecule has 0 spiro atoms. The molecule has 6 nitrogen and oxygen atoms in total. The Morgan fingerprint density at radius 3 is 2.00 bits per heavy atom.